The lowest BCUT2D eigenvalue weighted by Crippen LogP contribution is -2.18. The Bertz CT molecular complexity index is 1260. The summed E-state index contributed by atoms with van der Waals surface area (Å²) in [6.07, 6.45) is 1.62. The van der Waals surface area contributed by atoms with Gasteiger partial charge in [-0.3, -0.25) is 4.79 Å². The highest BCUT2D eigenvalue weighted by Gasteiger charge is 2.18. The predicted molar refractivity (Wildman–Crippen MR) is 126 cm³/mol. The molecule has 0 aliphatic heterocycles. The second-order valence-electron chi connectivity index (χ2n) is 6.70. The van der Waals surface area contributed by atoms with Crippen LogP contribution in [0.2, 0.25) is 0 Å². The number of hydrogen-bond acceptors (Lipinski definition) is 7. The van der Waals surface area contributed by atoms with Crippen molar-refractivity contribution in [2.45, 2.75) is 0 Å². The Morgan fingerprint density at radius 3 is 2.41 bits per heavy atom. The zero-order valence-corrected chi connectivity index (χ0v) is 18.6. The van der Waals surface area contributed by atoms with Crippen molar-refractivity contribution in [3.63, 3.8) is 0 Å². The third-order valence-corrected chi connectivity index (χ3v) is 5.63. The van der Waals surface area contributed by atoms with E-state index in [0.717, 1.165) is 15.8 Å². The molecular formula is C24H21N3O4S. The van der Waals surface area contributed by atoms with Gasteiger partial charge in [-0.25, -0.2) is 10.4 Å². The molecule has 7 nitrogen and oxygen atoms in total. The lowest BCUT2D eigenvalue weighted by Gasteiger charge is -2.15. The van der Waals surface area contributed by atoms with Crippen LogP contribution in [0.5, 0.6) is 17.2 Å². The Balaban J connectivity index is 1.78. The van der Waals surface area contributed by atoms with Crippen LogP contribution in [0.1, 0.15) is 15.2 Å². The average molecular weight is 448 g/mol. The third-order valence-electron chi connectivity index (χ3n) is 4.82. The molecule has 0 atom stereocenters. The van der Waals surface area contributed by atoms with Crippen molar-refractivity contribution in [2.24, 2.45) is 5.10 Å². The quantitative estimate of drug-likeness (QED) is 0.326. The number of benzene rings is 2. The minimum absolute atomic E-state index is 0.329. The summed E-state index contributed by atoms with van der Waals surface area (Å²) in [6, 6.07) is 16.7. The van der Waals surface area contributed by atoms with Gasteiger partial charge in [0.2, 0.25) is 5.75 Å². The number of aromatic nitrogens is 1. The molecule has 2 aromatic heterocycles. The summed E-state index contributed by atoms with van der Waals surface area (Å²) < 4.78 is 16.3. The first-order valence-corrected chi connectivity index (χ1v) is 10.6. The van der Waals surface area contributed by atoms with Crippen LogP contribution >= 0.6 is 11.3 Å². The Morgan fingerprint density at radius 2 is 1.75 bits per heavy atom. The number of rotatable bonds is 7. The van der Waals surface area contributed by atoms with Gasteiger partial charge < -0.3 is 14.2 Å². The number of methoxy groups -OCH3 is 3. The monoisotopic (exact) mass is 447 g/mol. The van der Waals surface area contributed by atoms with Gasteiger partial charge >= 0.3 is 0 Å². The smallest absolute Gasteiger partial charge is 0.272 e. The molecule has 8 heteroatoms. The first kappa shape index (κ1) is 21.3. The van der Waals surface area contributed by atoms with Crippen molar-refractivity contribution < 1.29 is 19.0 Å². The van der Waals surface area contributed by atoms with E-state index in [0.29, 0.717) is 34.0 Å². The minimum Gasteiger partial charge on any atom is -0.493 e. The van der Waals surface area contributed by atoms with Gasteiger partial charge in [0.05, 0.1) is 44.3 Å². The van der Waals surface area contributed by atoms with E-state index in [2.05, 4.69) is 10.5 Å². The molecule has 4 aromatic rings. The van der Waals surface area contributed by atoms with Gasteiger partial charge in [0.25, 0.3) is 5.91 Å². The van der Waals surface area contributed by atoms with E-state index in [-0.39, 0.29) is 5.91 Å². The standard InChI is InChI=1S/C24H21N3O4S/c1-29-21-11-15(12-22(30-2)23(21)31-3)20-13-18(17-8-4-5-9-19(17)26-20)24(28)27-25-14-16-7-6-10-32-16/h4-14H,1-3H3,(H,27,28)/b25-14+. The van der Waals surface area contributed by atoms with Crippen molar-refractivity contribution in [1.82, 2.24) is 10.4 Å². The summed E-state index contributed by atoms with van der Waals surface area (Å²) in [4.78, 5) is 18.7. The van der Waals surface area contributed by atoms with E-state index < -0.39 is 0 Å². The maximum atomic E-state index is 13.0. The maximum Gasteiger partial charge on any atom is 0.272 e. The molecule has 0 bridgehead atoms. The van der Waals surface area contributed by atoms with Crippen molar-refractivity contribution in [2.75, 3.05) is 21.3 Å². The molecule has 2 aromatic carbocycles. The highest BCUT2D eigenvalue weighted by Crippen LogP contribution is 2.41. The number of hydrazone groups is 1. The average Bonchev–Trinajstić information content (AvgIpc) is 3.35. The second-order valence-corrected chi connectivity index (χ2v) is 7.68. The Labute approximate surface area is 189 Å². The number of fused-ring (bicyclic) bond motifs is 1. The van der Waals surface area contributed by atoms with E-state index in [9.17, 15) is 4.79 Å². The number of para-hydroxylation sites is 1. The molecule has 0 spiro atoms. The molecule has 0 unspecified atom stereocenters. The number of ether oxygens (including phenoxy) is 3. The van der Waals surface area contributed by atoms with Crippen LogP contribution < -0.4 is 19.6 Å². The zero-order chi connectivity index (χ0) is 22.5. The van der Waals surface area contributed by atoms with Gasteiger partial charge in [0, 0.05) is 15.8 Å². The summed E-state index contributed by atoms with van der Waals surface area (Å²) in [5, 5.41) is 6.76. The van der Waals surface area contributed by atoms with Crippen molar-refractivity contribution >= 4 is 34.4 Å². The Kier molecular flexibility index (Phi) is 6.32. The van der Waals surface area contributed by atoms with Gasteiger partial charge in [-0.15, -0.1) is 11.3 Å². The molecule has 0 radical (unpaired) electrons. The molecule has 0 fully saturated rings. The molecule has 4 rings (SSSR count). The lowest BCUT2D eigenvalue weighted by molar-refractivity contribution is 0.0956. The minimum atomic E-state index is -0.329. The first-order valence-electron chi connectivity index (χ1n) is 9.71. The first-order chi connectivity index (χ1) is 15.6. The van der Waals surface area contributed by atoms with Crippen LogP contribution in [0, 0.1) is 0 Å². The van der Waals surface area contributed by atoms with Crippen molar-refractivity contribution in [3.05, 3.63) is 70.4 Å². The van der Waals surface area contributed by atoms with Crippen LogP contribution in [0.15, 0.2) is 65.1 Å². The summed E-state index contributed by atoms with van der Waals surface area (Å²) in [5.74, 6) is 1.16. The molecule has 1 N–H and O–H groups in total. The van der Waals surface area contributed by atoms with Gasteiger partial charge in [0.15, 0.2) is 11.5 Å². The highest BCUT2D eigenvalue weighted by molar-refractivity contribution is 7.11. The highest BCUT2D eigenvalue weighted by atomic mass is 32.1. The fourth-order valence-electron chi connectivity index (χ4n) is 3.32. The van der Waals surface area contributed by atoms with Gasteiger partial charge in [-0.2, -0.15) is 5.10 Å². The maximum absolute atomic E-state index is 13.0. The molecule has 2 heterocycles. The van der Waals surface area contributed by atoms with E-state index in [1.807, 2.05) is 41.8 Å². The summed E-state index contributed by atoms with van der Waals surface area (Å²) >= 11 is 1.54. The largest absolute Gasteiger partial charge is 0.493 e. The fraction of sp³-hybridized carbons (Fsp3) is 0.125. The Hall–Kier alpha value is -3.91. The normalized spacial score (nSPS) is 11.0. The number of nitrogens with one attached hydrogen (secondary N) is 1. The van der Waals surface area contributed by atoms with E-state index in [1.165, 1.54) is 11.3 Å². The third kappa shape index (κ3) is 4.26. The van der Waals surface area contributed by atoms with Crippen LogP contribution in [0.25, 0.3) is 22.2 Å². The van der Waals surface area contributed by atoms with E-state index in [1.54, 1.807) is 45.7 Å². The molecule has 0 aliphatic rings. The second kappa shape index (κ2) is 9.49. The summed E-state index contributed by atoms with van der Waals surface area (Å²) in [7, 11) is 4.66. The van der Waals surface area contributed by atoms with Crippen molar-refractivity contribution in [3.8, 4) is 28.5 Å². The van der Waals surface area contributed by atoms with Crippen molar-refractivity contribution in [1.29, 1.82) is 0 Å². The van der Waals surface area contributed by atoms with Gasteiger partial charge in [-0.05, 0) is 35.7 Å². The van der Waals surface area contributed by atoms with Gasteiger partial charge in [0.1, 0.15) is 0 Å². The van der Waals surface area contributed by atoms with Crippen LogP contribution in [0.3, 0.4) is 0 Å². The number of hydrogen-bond donors (Lipinski definition) is 1. The molecule has 32 heavy (non-hydrogen) atoms. The molecule has 162 valence electrons. The van der Waals surface area contributed by atoms with E-state index >= 15 is 0 Å². The SMILES string of the molecule is COc1cc(-c2cc(C(=O)N/N=C/c3cccs3)c3ccccc3n2)cc(OC)c1OC. The topological polar surface area (TPSA) is 82.0 Å². The predicted octanol–water partition coefficient (Wildman–Crippen LogP) is 4.75. The molecule has 0 aliphatic carbocycles. The van der Waals surface area contributed by atoms with Crippen LogP contribution in [-0.2, 0) is 0 Å². The number of amides is 1. The summed E-state index contributed by atoms with van der Waals surface area (Å²) in [6.45, 7) is 0. The molecule has 0 saturated heterocycles. The zero-order valence-electron chi connectivity index (χ0n) is 17.8. The summed E-state index contributed by atoms with van der Waals surface area (Å²) in [5.41, 5.74) is 5.07. The number of carbonyl (C=O) groups is 1. The van der Waals surface area contributed by atoms with E-state index in [4.69, 9.17) is 19.2 Å². The number of nitrogens with zero attached hydrogens (tertiary/aromatic N) is 2. The number of thiophene rings is 1. The fourth-order valence-corrected chi connectivity index (χ4v) is 3.90. The van der Waals surface area contributed by atoms with Crippen LogP contribution in [-0.4, -0.2) is 38.4 Å². The lowest BCUT2D eigenvalue weighted by atomic mass is 10.0. The Morgan fingerprint density at radius 1 is 1.00 bits per heavy atom. The molecule has 0 saturated carbocycles. The molecular weight excluding hydrogens is 426 g/mol. The molecule has 1 amide bonds. The van der Waals surface area contributed by atoms with Gasteiger partial charge in [-0.1, -0.05) is 24.3 Å². The number of pyridine rings is 1. The number of carbonyl (C=O) groups excluding carboxylic acids is 1. The van der Waals surface area contributed by atoms with Crippen LogP contribution in [0.4, 0.5) is 0 Å².